The number of para-hydroxylation sites is 1. The van der Waals surface area contributed by atoms with Crippen LogP contribution >= 0.6 is 0 Å². The van der Waals surface area contributed by atoms with Crippen molar-refractivity contribution in [2.45, 2.75) is 58.0 Å². The van der Waals surface area contributed by atoms with Gasteiger partial charge in [-0.3, -0.25) is 23.9 Å². The zero-order valence-electron chi connectivity index (χ0n) is 21.9. The van der Waals surface area contributed by atoms with Gasteiger partial charge < -0.3 is 20.1 Å². The van der Waals surface area contributed by atoms with E-state index in [-0.39, 0.29) is 31.1 Å². The molecule has 4 atom stereocenters. The van der Waals surface area contributed by atoms with E-state index < -0.39 is 54.5 Å². The number of alkyl halides is 3. The van der Waals surface area contributed by atoms with Crippen LogP contribution in [0.1, 0.15) is 38.7 Å². The lowest BCUT2D eigenvalue weighted by molar-refractivity contribution is -0.321. The molecule has 214 valence electrons. The van der Waals surface area contributed by atoms with Gasteiger partial charge in [0.15, 0.2) is 23.4 Å². The maximum atomic E-state index is 13.2. The molecule has 2 aliphatic heterocycles. The van der Waals surface area contributed by atoms with Crippen LogP contribution in [0.15, 0.2) is 23.2 Å². The number of ketones is 1. The highest BCUT2D eigenvalue weighted by Gasteiger charge is 2.36. The van der Waals surface area contributed by atoms with Gasteiger partial charge in [-0.05, 0) is 31.2 Å². The number of halogens is 3. The van der Waals surface area contributed by atoms with Crippen molar-refractivity contribution in [1.82, 2.24) is 10.6 Å². The summed E-state index contributed by atoms with van der Waals surface area (Å²) in [5.74, 6) is -3.42. The van der Waals surface area contributed by atoms with Gasteiger partial charge in [0.1, 0.15) is 6.61 Å². The maximum absolute atomic E-state index is 13.2. The predicted molar refractivity (Wildman–Crippen MR) is 132 cm³/mol. The van der Waals surface area contributed by atoms with Crippen molar-refractivity contribution in [2.75, 3.05) is 20.3 Å². The van der Waals surface area contributed by atoms with Crippen molar-refractivity contribution in [3.63, 3.8) is 0 Å². The Balaban J connectivity index is 1.71. The molecule has 1 aromatic carbocycles. The Labute approximate surface area is 223 Å². The molecule has 1 aromatic rings. The second-order valence-electron chi connectivity index (χ2n) is 9.89. The lowest BCUT2D eigenvalue weighted by atomic mass is 9.93. The number of rotatable bonds is 12. The van der Waals surface area contributed by atoms with Gasteiger partial charge in [0.05, 0.1) is 19.1 Å². The molecule has 13 heteroatoms. The van der Waals surface area contributed by atoms with Crippen molar-refractivity contribution in [3.8, 4) is 11.5 Å². The van der Waals surface area contributed by atoms with E-state index in [2.05, 4.69) is 20.4 Å². The van der Waals surface area contributed by atoms with Gasteiger partial charge in [0.2, 0.25) is 11.8 Å². The predicted octanol–water partition coefficient (Wildman–Crippen LogP) is 2.37. The average Bonchev–Trinajstić information content (AvgIpc) is 3.49. The topological polar surface area (TPSA) is 132 Å². The van der Waals surface area contributed by atoms with Crippen molar-refractivity contribution in [3.05, 3.63) is 23.8 Å². The fourth-order valence-corrected chi connectivity index (χ4v) is 4.49. The molecule has 1 saturated heterocycles. The summed E-state index contributed by atoms with van der Waals surface area (Å²) in [6.45, 7) is 2.72. The molecule has 0 spiro atoms. The Morgan fingerprint density at radius 1 is 1.28 bits per heavy atom. The van der Waals surface area contributed by atoms with Crippen molar-refractivity contribution < 1.29 is 46.6 Å². The number of aliphatic imine (C=N–C) groups is 1. The van der Waals surface area contributed by atoms with Crippen LogP contribution in [0.3, 0.4) is 0 Å². The number of carbonyl (C=O) groups excluding carboxylic acids is 4. The summed E-state index contributed by atoms with van der Waals surface area (Å²) in [5, 5.41) is 5.06. The largest absolute Gasteiger partial charge is 0.522 e. The molecule has 1 fully saturated rings. The Morgan fingerprint density at radius 3 is 2.64 bits per heavy atom. The van der Waals surface area contributed by atoms with Gasteiger partial charge in [0, 0.05) is 30.7 Å². The third-order valence-electron chi connectivity index (χ3n) is 6.43. The summed E-state index contributed by atoms with van der Waals surface area (Å²) in [4.78, 5) is 54.5. The number of Topliss-reactive ketones (excluding diaryl/α,β-unsaturated/α-hetero) is 1. The molecule has 39 heavy (non-hydrogen) atoms. The lowest BCUT2D eigenvalue weighted by Crippen LogP contribution is -2.47. The Hall–Kier alpha value is -3.48. The number of benzene rings is 1. The van der Waals surface area contributed by atoms with Crippen LogP contribution in [0.4, 0.5) is 13.2 Å². The summed E-state index contributed by atoms with van der Waals surface area (Å²) in [5.41, 5.74) is 0.776. The van der Waals surface area contributed by atoms with E-state index >= 15 is 0 Å². The van der Waals surface area contributed by atoms with Crippen LogP contribution < -0.4 is 20.1 Å². The number of hydrogen-bond donors (Lipinski definition) is 2. The minimum Gasteiger partial charge on any atom is -0.493 e. The van der Waals surface area contributed by atoms with Gasteiger partial charge in [-0.1, -0.05) is 26.0 Å². The van der Waals surface area contributed by atoms with Crippen molar-refractivity contribution >= 4 is 29.7 Å². The zero-order chi connectivity index (χ0) is 28.7. The maximum Gasteiger partial charge on any atom is 0.522 e. The summed E-state index contributed by atoms with van der Waals surface area (Å²) in [6.07, 6.45) is -4.08. The minimum absolute atomic E-state index is 0.0260. The number of methoxy groups -OCH3 is 1. The van der Waals surface area contributed by atoms with Crippen LogP contribution in [0.5, 0.6) is 11.5 Å². The Bertz CT molecular complexity index is 1110. The molecule has 2 unspecified atom stereocenters. The number of carbonyl (C=O) groups is 4. The lowest BCUT2D eigenvalue weighted by Gasteiger charge is -2.23. The van der Waals surface area contributed by atoms with E-state index in [9.17, 15) is 32.3 Å². The molecule has 0 aromatic heterocycles. The molecule has 0 saturated carbocycles. The van der Waals surface area contributed by atoms with Gasteiger partial charge in [-0.2, -0.15) is 0 Å². The van der Waals surface area contributed by atoms with E-state index in [0.717, 1.165) is 11.8 Å². The molecule has 2 heterocycles. The van der Waals surface area contributed by atoms with E-state index in [1.165, 1.54) is 7.11 Å². The standard InChI is InChI=1S/C26H32F3N3O7/c1-14(2)9-17(12-31-25(36)21-11-15-5-4-6-20(37-3)22(15)39-21)24(35)32-18(10-16-7-8-30-23(16)34)19(33)13-38-26(27,28)29/h4-6,12,14,16-18,21H,7-11,13H2,1-3H3,(H,30,34)(H,32,35)/b31-12+/t16-,17?,18-,21?/m0/s1. The second kappa shape index (κ2) is 13.0. The quantitative estimate of drug-likeness (QED) is 0.379. The van der Waals surface area contributed by atoms with Crippen molar-refractivity contribution in [1.29, 1.82) is 0 Å². The van der Waals surface area contributed by atoms with E-state index in [0.29, 0.717) is 24.5 Å². The molecule has 2 aliphatic rings. The van der Waals surface area contributed by atoms with Crippen LogP contribution in [0, 0.1) is 17.8 Å². The molecular weight excluding hydrogens is 523 g/mol. The Morgan fingerprint density at radius 2 is 2.03 bits per heavy atom. The van der Waals surface area contributed by atoms with Crippen molar-refractivity contribution in [2.24, 2.45) is 22.7 Å². The Kier molecular flexibility index (Phi) is 10.1. The SMILES string of the molecule is COc1cccc2c1OC(C(=O)/N=C/C(CC(C)C)C(=O)N[C@@H](C[C@@H]1CCNC1=O)C(=O)COC(F)(F)F)C2. The molecular formula is C26H32F3N3O7. The molecule has 0 aliphatic carbocycles. The van der Waals surface area contributed by atoms with Gasteiger partial charge in [0.25, 0.3) is 5.91 Å². The first-order valence-corrected chi connectivity index (χ1v) is 12.6. The molecule has 2 N–H and O–H groups in total. The van der Waals surface area contributed by atoms with E-state index in [1.54, 1.807) is 18.2 Å². The number of fused-ring (bicyclic) bond motifs is 1. The first kappa shape index (κ1) is 30.1. The number of ether oxygens (including phenoxy) is 3. The summed E-state index contributed by atoms with van der Waals surface area (Å²) >= 11 is 0. The molecule has 0 radical (unpaired) electrons. The van der Waals surface area contributed by atoms with E-state index in [1.807, 2.05) is 13.8 Å². The van der Waals surface area contributed by atoms with Crippen LogP contribution in [0.2, 0.25) is 0 Å². The molecule has 3 amide bonds. The number of hydrogen-bond acceptors (Lipinski definition) is 7. The summed E-state index contributed by atoms with van der Waals surface area (Å²) in [7, 11) is 1.48. The summed E-state index contributed by atoms with van der Waals surface area (Å²) in [6, 6.07) is 3.87. The first-order valence-electron chi connectivity index (χ1n) is 12.6. The third-order valence-corrected chi connectivity index (χ3v) is 6.43. The number of nitrogens with one attached hydrogen (secondary N) is 2. The minimum atomic E-state index is -5.03. The highest BCUT2D eigenvalue weighted by Crippen LogP contribution is 2.37. The van der Waals surface area contributed by atoms with E-state index in [4.69, 9.17) is 9.47 Å². The second-order valence-corrected chi connectivity index (χ2v) is 9.89. The van der Waals surface area contributed by atoms with Gasteiger partial charge in [-0.15, -0.1) is 13.2 Å². The van der Waals surface area contributed by atoms with Gasteiger partial charge >= 0.3 is 6.36 Å². The highest BCUT2D eigenvalue weighted by atomic mass is 19.4. The van der Waals surface area contributed by atoms with Crippen LogP contribution in [0.25, 0.3) is 0 Å². The van der Waals surface area contributed by atoms with Crippen LogP contribution in [-0.4, -0.2) is 68.5 Å². The third kappa shape index (κ3) is 8.50. The monoisotopic (exact) mass is 555 g/mol. The highest BCUT2D eigenvalue weighted by molar-refractivity contribution is 6.00. The zero-order valence-corrected chi connectivity index (χ0v) is 21.9. The molecule has 10 nitrogen and oxygen atoms in total. The molecule has 0 bridgehead atoms. The van der Waals surface area contributed by atoms with Gasteiger partial charge in [-0.25, -0.2) is 4.99 Å². The first-order chi connectivity index (χ1) is 18.4. The fraction of sp³-hybridized carbons (Fsp3) is 0.577. The molecule has 3 rings (SSSR count). The number of amides is 3. The average molecular weight is 556 g/mol. The van der Waals surface area contributed by atoms with Crippen LogP contribution in [-0.2, 0) is 30.3 Å². The number of nitrogens with zero attached hydrogens (tertiary/aromatic N) is 1. The normalized spacial score (nSPS) is 20.3. The summed E-state index contributed by atoms with van der Waals surface area (Å²) < 4.78 is 52.2. The smallest absolute Gasteiger partial charge is 0.493 e. The fourth-order valence-electron chi connectivity index (χ4n) is 4.49.